The lowest BCUT2D eigenvalue weighted by Crippen LogP contribution is -2.17. The standard InChI is InChI=1S/C24H28N4O6S/c1-5-17-14-32-24(27-17)21-7-6-20(28-21)16-8-18(33-15(2)13-31-3)10-19(9-16)34-22-11-26-23(12-25-22)35(4,29)30/h6-12,15,17,28H,5,13-14H2,1-4H3/t15-,17+/m0/s1. The lowest BCUT2D eigenvalue weighted by Gasteiger charge is -2.16. The Balaban J connectivity index is 1.63. The normalized spacial score (nSPS) is 16.5. The Morgan fingerprint density at radius 1 is 1.14 bits per heavy atom. The van der Waals surface area contributed by atoms with Crippen molar-refractivity contribution in [1.82, 2.24) is 15.0 Å². The van der Waals surface area contributed by atoms with Gasteiger partial charge in [-0.05, 0) is 37.6 Å². The number of hydrogen-bond donors (Lipinski definition) is 1. The predicted octanol–water partition coefficient (Wildman–Crippen LogP) is 3.64. The number of ether oxygens (including phenoxy) is 4. The number of nitrogens with one attached hydrogen (secondary N) is 1. The Morgan fingerprint density at radius 2 is 1.91 bits per heavy atom. The average molecular weight is 501 g/mol. The van der Waals surface area contributed by atoms with Gasteiger partial charge in [0.2, 0.25) is 11.8 Å². The van der Waals surface area contributed by atoms with Crippen molar-refractivity contribution in [2.45, 2.75) is 37.4 Å². The Labute approximate surface area is 204 Å². The summed E-state index contributed by atoms with van der Waals surface area (Å²) in [6.07, 6.45) is 4.23. The van der Waals surface area contributed by atoms with Gasteiger partial charge in [0.05, 0.1) is 25.0 Å². The van der Waals surface area contributed by atoms with Crippen molar-refractivity contribution in [3.05, 3.63) is 48.4 Å². The molecule has 2 atom stereocenters. The lowest BCUT2D eigenvalue weighted by molar-refractivity contribution is 0.0920. The fraction of sp³-hybridized carbons (Fsp3) is 0.375. The number of sulfone groups is 1. The zero-order valence-corrected chi connectivity index (χ0v) is 20.8. The molecule has 0 bridgehead atoms. The van der Waals surface area contributed by atoms with Gasteiger partial charge in [-0.15, -0.1) is 0 Å². The summed E-state index contributed by atoms with van der Waals surface area (Å²) in [5, 5.41) is -0.128. The van der Waals surface area contributed by atoms with Gasteiger partial charge in [0.25, 0.3) is 0 Å². The minimum atomic E-state index is -3.46. The van der Waals surface area contributed by atoms with Gasteiger partial charge in [0.1, 0.15) is 29.9 Å². The van der Waals surface area contributed by atoms with E-state index in [0.717, 1.165) is 35.8 Å². The molecule has 0 saturated carbocycles. The molecular weight excluding hydrogens is 472 g/mol. The molecule has 0 saturated heterocycles. The van der Waals surface area contributed by atoms with Gasteiger partial charge in [-0.1, -0.05) is 6.92 Å². The molecule has 3 aromatic rings. The molecule has 0 fully saturated rings. The number of aromatic amines is 1. The van der Waals surface area contributed by atoms with Crippen LogP contribution in [0.2, 0.25) is 0 Å². The van der Waals surface area contributed by atoms with Crippen LogP contribution in [0.5, 0.6) is 17.4 Å². The maximum Gasteiger partial charge on any atom is 0.237 e. The number of rotatable bonds is 10. The number of methoxy groups -OCH3 is 1. The van der Waals surface area contributed by atoms with Crippen molar-refractivity contribution >= 4 is 15.7 Å². The van der Waals surface area contributed by atoms with E-state index in [4.69, 9.17) is 18.9 Å². The molecule has 0 radical (unpaired) electrons. The minimum absolute atomic E-state index is 0.128. The van der Waals surface area contributed by atoms with Crippen LogP contribution >= 0.6 is 0 Å². The highest BCUT2D eigenvalue weighted by atomic mass is 32.2. The van der Waals surface area contributed by atoms with Crippen LogP contribution in [0, 0.1) is 0 Å². The van der Waals surface area contributed by atoms with Crippen LogP contribution < -0.4 is 9.47 Å². The third kappa shape index (κ3) is 6.17. The van der Waals surface area contributed by atoms with Crippen LogP contribution in [0.15, 0.2) is 52.7 Å². The molecule has 35 heavy (non-hydrogen) atoms. The van der Waals surface area contributed by atoms with Gasteiger partial charge in [-0.3, -0.25) is 0 Å². The zero-order valence-electron chi connectivity index (χ0n) is 20.0. The summed E-state index contributed by atoms with van der Waals surface area (Å²) in [5.41, 5.74) is 2.42. The first-order valence-electron chi connectivity index (χ1n) is 11.2. The first-order chi connectivity index (χ1) is 16.7. The topological polar surface area (TPSA) is 125 Å². The smallest absolute Gasteiger partial charge is 0.237 e. The number of H-pyrrole nitrogens is 1. The monoisotopic (exact) mass is 500 g/mol. The summed E-state index contributed by atoms with van der Waals surface area (Å²) < 4.78 is 46.1. The zero-order chi connectivity index (χ0) is 25.0. The lowest BCUT2D eigenvalue weighted by atomic mass is 10.1. The molecule has 4 rings (SSSR count). The number of aliphatic imine (C=N–C) groups is 1. The van der Waals surface area contributed by atoms with Gasteiger partial charge >= 0.3 is 0 Å². The summed E-state index contributed by atoms with van der Waals surface area (Å²) in [4.78, 5) is 15.9. The first kappa shape index (κ1) is 24.7. The molecule has 1 aromatic carbocycles. The SMILES string of the molecule is CC[C@@H]1COC(c2ccc(-c3cc(Oc4cnc(S(C)(=O)=O)cn4)cc(O[C@@H](C)COC)c3)[nH]2)=N1. The fourth-order valence-electron chi connectivity index (χ4n) is 3.48. The van der Waals surface area contributed by atoms with Crippen LogP contribution in [-0.4, -0.2) is 68.0 Å². The summed E-state index contributed by atoms with van der Waals surface area (Å²) in [6, 6.07) is 9.46. The highest BCUT2D eigenvalue weighted by molar-refractivity contribution is 7.90. The van der Waals surface area contributed by atoms with Crippen molar-refractivity contribution in [3.8, 4) is 28.6 Å². The van der Waals surface area contributed by atoms with Crippen LogP contribution in [0.1, 0.15) is 26.0 Å². The van der Waals surface area contributed by atoms with Crippen molar-refractivity contribution in [3.63, 3.8) is 0 Å². The molecule has 3 heterocycles. The second kappa shape index (κ2) is 10.4. The van der Waals surface area contributed by atoms with Crippen molar-refractivity contribution in [1.29, 1.82) is 0 Å². The van der Waals surface area contributed by atoms with Crippen LogP contribution in [0.3, 0.4) is 0 Å². The third-order valence-corrected chi connectivity index (χ3v) is 6.21. The van der Waals surface area contributed by atoms with E-state index in [9.17, 15) is 8.42 Å². The molecule has 2 aromatic heterocycles. The van der Waals surface area contributed by atoms with E-state index in [-0.39, 0.29) is 23.1 Å². The Hall–Kier alpha value is -3.44. The van der Waals surface area contributed by atoms with Gasteiger partial charge in [-0.25, -0.2) is 23.4 Å². The maximum atomic E-state index is 11.6. The van der Waals surface area contributed by atoms with E-state index in [2.05, 4.69) is 26.9 Å². The van der Waals surface area contributed by atoms with Gasteiger partial charge in [-0.2, -0.15) is 0 Å². The number of benzene rings is 1. The molecule has 0 aliphatic carbocycles. The second-order valence-corrected chi connectivity index (χ2v) is 10.2. The van der Waals surface area contributed by atoms with E-state index >= 15 is 0 Å². The summed E-state index contributed by atoms with van der Waals surface area (Å²) in [6.45, 7) is 4.98. The third-order valence-electron chi connectivity index (χ3n) is 5.24. The van der Waals surface area contributed by atoms with E-state index in [1.54, 1.807) is 13.2 Å². The predicted molar refractivity (Wildman–Crippen MR) is 130 cm³/mol. The van der Waals surface area contributed by atoms with E-state index < -0.39 is 9.84 Å². The Bertz CT molecular complexity index is 1300. The van der Waals surface area contributed by atoms with Crippen molar-refractivity contribution in [2.75, 3.05) is 26.6 Å². The highest BCUT2D eigenvalue weighted by Gasteiger charge is 2.20. The largest absolute Gasteiger partial charge is 0.488 e. The van der Waals surface area contributed by atoms with Crippen molar-refractivity contribution < 1.29 is 27.4 Å². The molecule has 186 valence electrons. The fourth-order valence-corrected chi connectivity index (χ4v) is 3.97. The van der Waals surface area contributed by atoms with E-state index in [1.165, 1.54) is 6.20 Å². The first-order valence-corrected chi connectivity index (χ1v) is 13.0. The van der Waals surface area contributed by atoms with Gasteiger partial charge in [0.15, 0.2) is 14.9 Å². The second-order valence-electron chi connectivity index (χ2n) is 8.24. The highest BCUT2D eigenvalue weighted by Crippen LogP contribution is 2.32. The molecule has 0 spiro atoms. The quantitative estimate of drug-likeness (QED) is 0.447. The average Bonchev–Trinajstić information content (AvgIpc) is 3.48. The molecular formula is C24H28N4O6S. The van der Waals surface area contributed by atoms with Gasteiger partial charge < -0.3 is 23.9 Å². The number of aromatic nitrogens is 3. The maximum absolute atomic E-state index is 11.6. The van der Waals surface area contributed by atoms with Crippen LogP contribution in [-0.2, 0) is 19.3 Å². The molecule has 0 amide bonds. The molecule has 1 aliphatic rings. The summed E-state index contributed by atoms with van der Waals surface area (Å²) in [7, 11) is -1.84. The van der Waals surface area contributed by atoms with Crippen LogP contribution in [0.4, 0.5) is 0 Å². The van der Waals surface area contributed by atoms with Crippen LogP contribution in [0.25, 0.3) is 11.3 Å². The molecule has 11 heteroatoms. The summed E-state index contributed by atoms with van der Waals surface area (Å²) in [5.74, 6) is 1.76. The molecule has 10 nitrogen and oxygen atoms in total. The number of hydrogen-bond acceptors (Lipinski definition) is 9. The van der Waals surface area contributed by atoms with E-state index in [0.29, 0.717) is 30.6 Å². The van der Waals surface area contributed by atoms with Crippen molar-refractivity contribution in [2.24, 2.45) is 4.99 Å². The van der Waals surface area contributed by atoms with Gasteiger partial charge in [0, 0.05) is 30.7 Å². The molecule has 1 aliphatic heterocycles. The molecule has 0 unspecified atom stereocenters. The Morgan fingerprint density at radius 3 is 2.57 bits per heavy atom. The minimum Gasteiger partial charge on any atom is -0.488 e. The Kier molecular flexibility index (Phi) is 7.37. The molecule has 1 N–H and O–H groups in total. The summed E-state index contributed by atoms with van der Waals surface area (Å²) >= 11 is 0. The van der Waals surface area contributed by atoms with E-state index in [1.807, 2.05) is 31.2 Å². The number of nitrogens with zero attached hydrogens (tertiary/aromatic N) is 3.